The number of hydrogen-bond acceptors (Lipinski definition) is 9. The fraction of sp³-hybridized carbons (Fsp3) is 0.600. The van der Waals surface area contributed by atoms with E-state index in [-0.39, 0.29) is 41.4 Å². The third-order valence-electron chi connectivity index (χ3n) is 8.61. The van der Waals surface area contributed by atoms with Crippen LogP contribution in [-0.2, 0) is 22.6 Å². The molecule has 2 heterocycles. The molecule has 1 aromatic carbocycles. The summed E-state index contributed by atoms with van der Waals surface area (Å²) in [6, 6.07) is 8.81. The van der Waals surface area contributed by atoms with E-state index < -0.39 is 6.10 Å². The number of aliphatic hydroxyl groups excluding tert-OH is 1. The minimum absolute atomic E-state index is 0.114. The SMILES string of the molecule is CC(C)C/C(=N/O)C(=O)NC1CC2(C1)CC(NC1=CC(C(=O)NC[C@H](O)CN3CCc4ccccc4C3)=NCN1)C2. The third kappa shape index (κ3) is 7.26. The van der Waals surface area contributed by atoms with Crippen LogP contribution in [0.4, 0.5) is 0 Å². The van der Waals surface area contributed by atoms with Crippen LogP contribution in [0.15, 0.2) is 46.3 Å². The number of carbonyl (C=O) groups excluding carboxylic acids is 2. The van der Waals surface area contributed by atoms with Gasteiger partial charge in [-0.05, 0) is 54.6 Å². The number of rotatable bonds is 11. The molecular formula is C30H43N7O4. The molecule has 4 aliphatic rings. The summed E-state index contributed by atoms with van der Waals surface area (Å²) in [6.45, 7) is 6.67. The van der Waals surface area contributed by atoms with Crippen LogP contribution in [0.1, 0.15) is 57.1 Å². The number of carbonyl (C=O) groups is 2. The van der Waals surface area contributed by atoms with Crippen LogP contribution in [0.25, 0.3) is 0 Å². The molecule has 2 fully saturated rings. The van der Waals surface area contributed by atoms with E-state index in [4.69, 9.17) is 5.21 Å². The Balaban J connectivity index is 1.00. The number of aliphatic imine (C=N–C) groups is 1. The lowest BCUT2D eigenvalue weighted by atomic mass is 9.52. The molecule has 0 radical (unpaired) electrons. The van der Waals surface area contributed by atoms with Crippen molar-refractivity contribution in [2.24, 2.45) is 21.5 Å². The van der Waals surface area contributed by atoms with E-state index in [0.717, 1.165) is 51.0 Å². The molecule has 11 heteroatoms. The highest BCUT2D eigenvalue weighted by molar-refractivity contribution is 6.43. The lowest BCUT2D eigenvalue weighted by Gasteiger charge is -2.58. The molecule has 41 heavy (non-hydrogen) atoms. The molecule has 0 unspecified atom stereocenters. The predicted molar refractivity (Wildman–Crippen MR) is 156 cm³/mol. The van der Waals surface area contributed by atoms with E-state index >= 15 is 0 Å². The number of oxime groups is 1. The van der Waals surface area contributed by atoms with Crippen LogP contribution in [0, 0.1) is 11.3 Å². The molecule has 2 aliphatic heterocycles. The summed E-state index contributed by atoms with van der Waals surface area (Å²) in [5, 5.41) is 35.4. The van der Waals surface area contributed by atoms with Crippen molar-refractivity contribution in [3.63, 3.8) is 0 Å². The highest BCUT2D eigenvalue weighted by Crippen LogP contribution is 2.56. The molecule has 1 spiro atoms. The number of β-amino-alcohol motifs (C(OH)–C–C–N with tert-alkyl or cyclic N) is 1. The van der Waals surface area contributed by atoms with E-state index in [1.54, 1.807) is 6.08 Å². The smallest absolute Gasteiger partial charge is 0.269 e. The van der Waals surface area contributed by atoms with Gasteiger partial charge < -0.3 is 31.6 Å². The number of hydrogen-bond donors (Lipinski definition) is 6. The first-order chi connectivity index (χ1) is 19.7. The normalized spacial score (nSPS) is 26.5. The molecule has 2 saturated carbocycles. The fourth-order valence-corrected chi connectivity index (χ4v) is 6.61. The highest BCUT2D eigenvalue weighted by Gasteiger charge is 2.53. The Morgan fingerprint density at radius 2 is 1.90 bits per heavy atom. The van der Waals surface area contributed by atoms with Crippen LogP contribution in [0.2, 0.25) is 0 Å². The van der Waals surface area contributed by atoms with Crippen molar-refractivity contribution in [2.75, 3.05) is 26.3 Å². The maximum atomic E-state index is 12.8. The second-order valence-electron chi connectivity index (χ2n) is 12.5. The number of benzene rings is 1. The van der Waals surface area contributed by atoms with Gasteiger partial charge in [-0.1, -0.05) is 43.3 Å². The lowest BCUT2D eigenvalue weighted by Crippen LogP contribution is -2.61. The molecule has 0 aromatic heterocycles. The van der Waals surface area contributed by atoms with Crippen LogP contribution >= 0.6 is 0 Å². The average Bonchev–Trinajstić information content (AvgIpc) is 2.92. The summed E-state index contributed by atoms with van der Waals surface area (Å²) in [5.74, 6) is 0.452. The number of nitrogens with zero attached hydrogens (tertiary/aromatic N) is 3. The molecule has 5 rings (SSSR count). The Labute approximate surface area is 241 Å². The van der Waals surface area contributed by atoms with Gasteiger partial charge in [-0.15, -0.1) is 0 Å². The highest BCUT2D eigenvalue weighted by atomic mass is 16.4. The molecule has 0 saturated heterocycles. The van der Waals surface area contributed by atoms with Crippen molar-refractivity contribution in [3.8, 4) is 0 Å². The minimum Gasteiger partial charge on any atom is -0.410 e. The van der Waals surface area contributed by atoms with Gasteiger partial charge in [0.2, 0.25) is 0 Å². The zero-order chi connectivity index (χ0) is 29.0. The summed E-state index contributed by atoms with van der Waals surface area (Å²) in [7, 11) is 0. The fourth-order valence-electron chi connectivity index (χ4n) is 6.61. The zero-order valence-electron chi connectivity index (χ0n) is 24.0. The maximum absolute atomic E-state index is 12.8. The molecular weight excluding hydrogens is 522 g/mol. The average molecular weight is 566 g/mol. The Morgan fingerprint density at radius 3 is 2.63 bits per heavy atom. The second-order valence-corrected chi connectivity index (χ2v) is 12.5. The van der Waals surface area contributed by atoms with E-state index in [1.807, 2.05) is 19.9 Å². The van der Waals surface area contributed by atoms with Gasteiger partial charge in [0, 0.05) is 50.8 Å². The third-order valence-corrected chi connectivity index (χ3v) is 8.61. The monoisotopic (exact) mass is 565 g/mol. The molecule has 222 valence electrons. The lowest BCUT2D eigenvalue weighted by molar-refractivity contribution is -0.119. The zero-order valence-corrected chi connectivity index (χ0v) is 24.0. The molecule has 1 atom stereocenters. The van der Waals surface area contributed by atoms with Gasteiger partial charge in [0.15, 0.2) is 0 Å². The number of aliphatic hydroxyl groups is 1. The van der Waals surface area contributed by atoms with Crippen LogP contribution in [0.5, 0.6) is 0 Å². The summed E-state index contributed by atoms with van der Waals surface area (Å²) in [5.41, 5.74) is 3.44. The van der Waals surface area contributed by atoms with Gasteiger partial charge in [0.25, 0.3) is 11.8 Å². The van der Waals surface area contributed by atoms with E-state index in [1.165, 1.54) is 11.1 Å². The van der Waals surface area contributed by atoms with Gasteiger partial charge in [-0.2, -0.15) is 0 Å². The summed E-state index contributed by atoms with van der Waals surface area (Å²) < 4.78 is 0. The first-order valence-corrected chi connectivity index (χ1v) is 14.8. The van der Waals surface area contributed by atoms with Crippen molar-refractivity contribution >= 4 is 23.2 Å². The predicted octanol–water partition coefficient (Wildman–Crippen LogP) is 1.26. The Bertz CT molecular complexity index is 1210. The first-order valence-electron chi connectivity index (χ1n) is 14.8. The molecule has 6 N–H and O–H groups in total. The van der Waals surface area contributed by atoms with Gasteiger partial charge in [0.05, 0.1) is 6.10 Å². The number of fused-ring (bicyclic) bond motifs is 1. The van der Waals surface area contributed by atoms with Crippen molar-refractivity contribution in [3.05, 3.63) is 47.3 Å². The minimum atomic E-state index is -0.659. The van der Waals surface area contributed by atoms with Crippen molar-refractivity contribution in [1.82, 2.24) is 26.2 Å². The molecule has 0 bridgehead atoms. The maximum Gasteiger partial charge on any atom is 0.269 e. The van der Waals surface area contributed by atoms with Crippen molar-refractivity contribution in [1.29, 1.82) is 0 Å². The van der Waals surface area contributed by atoms with Crippen molar-refractivity contribution in [2.45, 2.75) is 77.1 Å². The first kappa shape index (κ1) is 29.1. The Morgan fingerprint density at radius 1 is 1.17 bits per heavy atom. The van der Waals surface area contributed by atoms with Gasteiger partial charge in [-0.25, -0.2) is 0 Å². The Kier molecular flexibility index (Phi) is 8.94. The molecule has 11 nitrogen and oxygen atoms in total. The van der Waals surface area contributed by atoms with Gasteiger partial charge in [0.1, 0.15) is 23.9 Å². The number of amides is 2. The van der Waals surface area contributed by atoms with Crippen LogP contribution in [-0.4, -0.2) is 82.9 Å². The van der Waals surface area contributed by atoms with Crippen LogP contribution in [0.3, 0.4) is 0 Å². The summed E-state index contributed by atoms with van der Waals surface area (Å²) in [4.78, 5) is 31.6. The van der Waals surface area contributed by atoms with E-state index in [9.17, 15) is 14.7 Å². The Hall–Kier alpha value is -3.44. The van der Waals surface area contributed by atoms with E-state index in [0.29, 0.717) is 31.4 Å². The topological polar surface area (TPSA) is 151 Å². The standard InChI is InChI=1S/C30H43N7O4/c1-19(2)9-26(36-41)29(40)35-23-13-30(14-23)11-22(12-30)34-27-10-25(32-18-33-27)28(39)31-15-24(38)17-37-8-7-20-5-3-4-6-21(20)16-37/h3-6,10,19,22-24,33-34,38,41H,7-9,11-18H2,1-2H3,(H,31,39)(H,35,40)/b36-26-/t22?,23?,24-,30?/m0/s1. The second kappa shape index (κ2) is 12.6. The van der Waals surface area contributed by atoms with Gasteiger partial charge >= 0.3 is 0 Å². The summed E-state index contributed by atoms with van der Waals surface area (Å²) in [6.07, 6.45) is 6.33. The van der Waals surface area contributed by atoms with Gasteiger partial charge in [-0.3, -0.25) is 19.5 Å². The van der Waals surface area contributed by atoms with E-state index in [2.05, 4.69) is 54.5 Å². The number of nitrogens with one attached hydrogen (secondary N) is 4. The summed E-state index contributed by atoms with van der Waals surface area (Å²) >= 11 is 0. The molecule has 2 aliphatic carbocycles. The molecule has 2 amide bonds. The van der Waals surface area contributed by atoms with Crippen molar-refractivity contribution < 1.29 is 19.9 Å². The van der Waals surface area contributed by atoms with Crippen LogP contribution < -0.4 is 21.3 Å². The largest absolute Gasteiger partial charge is 0.410 e. The molecule has 1 aromatic rings. The quantitative estimate of drug-likeness (QED) is 0.134.